The first-order valence-electron chi connectivity index (χ1n) is 11.5. The van der Waals surface area contributed by atoms with Gasteiger partial charge in [0.15, 0.2) is 0 Å². The van der Waals surface area contributed by atoms with Crippen molar-refractivity contribution >= 4 is 18.0 Å². The average Bonchev–Trinajstić information content (AvgIpc) is 2.84. The molecule has 2 amide bonds. The van der Waals surface area contributed by atoms with Gasteiger partial charge in [-0.25, -0.2) is 4.79 Å². The van der Waals surface area contributed by atoms with Gasteiger partial charge in [-0.15, -0.1) is 0 Å². The highest BCUT2D eigenvalue weighted by molar-refractivity contribution is 5.80. The number of benzene rings is 2. The van der Waals surface area contributed by atoms with Crippen molar-refractivity contribution < 1.29 is 24.2 Å². The summed E-state index contributed by atoms with van der Waals surface area (Å²) in [6.45, 7) is 3.28. The number of amides is 2. The Morgan fingerprint density at radius 1 is 1.06 bits per heavy atom. The highest BCUT2D eigenvalue weighted by Gasteiger charge is 2.32. The molecule has 2 unspecified atom stereocenters. The number of hydrogen-bond donors (Lipinski definition) is 2. The lowest BCUT2D eigenvalue weighted by Crippen LogP contribution is -2.47. The molecule has 1 heterocycles. The van der Waals surface area contributed by atoms with Gasteiger partial charge in [0.2, 0.25) is 5.91 Å². The Morgan fingerprint density at radius 2 is 1.79 bits per heavy atom. The second-order valence-corrected chi connectivity index (χ2v) is 8.46. The number of ether oxygens (including phenoxy) is 1. The monoisotopic (exact) mass is 452 g/mol. The quantitative estimate of drug-likeness (QED) is 0.589. The summed E-state index contributed by atoms with van der Waals surface area (Å²) in [7, 11) is 0. The van der Waals surface area contributed by atoms with Crippen LogP contribution in [-0.4, -0.2) is 47.1 Å². The molecule has 1 saturated heterocycles. The molecule has 0 aromatic heterocycles. The molecular formula is C26H32N2O5. The Hall–Kier alpha value is -3.35. The van der Waals surface area contributed by atoms with Crippen molar-refractivity contribution in [3.63, 3.8) is 0 Å². The van der Waals surface area contributed by atoms with Gasteiger partial charge in [0.1, 0.15) is 5.75 Å². The van der Waals surface area contributed by atoms with Gasteiger partial charge in [-0.1, -0.05) is 49.4 Å². The molecule has 0 bridgehead atoms. The average molecular weight is 453 g/mol. The van der Waals surface area contributed by atoms with Gasteiger partial charge in [-0.3, -0.25) is 9.59 Å². The fourth-order valence-corrected chi connectivity index (χ4v) is 4.22. The second kappa shape index (κ2) is 12.0. The number of likely N-dealkylation sites (tertiary alicyclic amines) is 1. The van der Waals surface area contributed by atoms with Crippen molar-refractivity contribution in [3.8, 4) is 5.75 Å². The molecule has 2 atom stereocenters. The molecule has 176 valence electrons. The maximum absolute atomic E-state index is 13.0. The Labute approximate surface area is 194 Å². The second-order valence-electron chi connectivity index (χ2n) is 8.46. The van der Waals surface area contributed by atoms with Crippen LogP contribution < -0.4 is 10.1 Å². The molecule has 1 aliphatic heterocycles. The van der Waals surface area contributed by atoms with Gasteiger partial charge >= 0.3 is 12.1 Å². The molecule has 7 nitrogen and oxygen atoms in total. The van der Waals surface area contributed by atoms with E-state index in [9.17, 15) is 14.4 Å². The molecule has 3 rings (SSSR count). The van der Waals surface area contributed by atoms with E-state index < -0.39 is 5.97 Å². The summed E-state index contributed by atoms with van der Waals surface area (Å²) in [5, 5.41) is 11.3. The van der Waals surface area contributed by atoms with Crippen LogP contribution in [0.4, 0.5) is 4.79 Å². The van der Waals surface area contributed by atoms with Crippen LogP contribution in [0.2, 0.25) is 0 Å². The molecule has 0 saturated carbocycles. The normalized spacial score (nSPS) is 16.6. The van der Waals surface area contributed by atoms with E-state index >= 15 is 0 Å². The maximum Gasteiger partial charge on any atom is 0.415 e. The molecule has 2 N–H and O–H groups in total. The third-order valence-electron chi connectivity index (χ3n) is 6.12. The van der Waals surface area contributed by atoms with E-state index in [2.05, 4.69) is 24.4 Å². The summed E-state index contributed by atoms with van der Waals surface area (Å²) in [4.78, 5) is 36.9. The largest absolute Gasteiger partial charge is 0.481 e. The Morgan fingerprint density at radius 3 is 2.48 bits per heavy atom. The van der Waals surface area contributed by atoms with Crippen molar-refractivity contribution in [2.45, 2.75) is 57.4 Å². The van der Waals surface area contributed by atoms with Gasteiger partial charge in [-0.05, 0) is 48.9 Å². The van der Waals surface area contributed by atoms with Crippen molar-refractivity contribution in [3.05, 3.63) is 65.7 Å². The molecule has 1 aliphatic rings. The standard InChI is InChI=1S/C26H32N2O5/c1-19(21-7-3-2-4-8-21)23-9-5-6-18-28(23)26(32)33-22-12-10-20(11-13-22)16-17-27-24(29)14-15-25(30)31/h2-4,7-8,10-13,19,23H,5-6,9,14-18H2,1H3,(H,27,29)(H,30,31). The van der Waals surface area contributed by atoms with E-state index in [-0.39, 0.29) is 36.8 Å². The van der Waals surface area contributed by atoms with E-state index in [1.165, 1.54) is 5.56 Å². The van der Waals surface area contributed by atoms with Crippen molar-refractivity contribution in [2.75, 3.05) is 13.1 Å². The fourth-order valence-electron chi connectivity index (χ4n) is 4.22. The minimum Gasteiger partial charge on any atom is -0.481 e. The molecule has 0 spiro atoms. The van der Waals surface area contributed by atoms with Gasteiger partial charge in [0.25, 0.3) is 0 Å². The zero-order valence-electron chi connectivity index (χ0n) is 19.0. The summed E-state index contributed by atoms with van der Waals surface area (Å²) in [5.41, 5.74) is 2.21. The predicted octanol–water partition coefficient (Wildman–Crippen LogP) is 4.37. The van der Waals surface area contributed by atoms with Gasteiger partial charge in [0.05, 0.1) is 6.42 Å². The van der Waals surface area contributed by atoms with E-state index in [0.717, 1.165) is 24.8 Å². The third-order valence-corrected chi connectivity index (χ3v) is 6.12. The molecule has 2 aromatic carbocycles. The Bertz CT molecular complexity index is 929. The van der Waals surface area contributed by atoms with Crippen LogP contribution in [0.3, 0.4) is 0 Å². The molecule has 0 aliphatic carbocycles. The Balaban J connectivity index is 1.51. The van der Waals surface area contributed by atoms with Crippen molar-refractivity contribution in [1.82, 2.24) is 10.2 Å². The zero-order valence-corrected chi connectivity index (χ0v) is 19.0. The molecule has 7 heteroatoms. The summed E-state index contributed by atoms with van der Waals surface area (Å²) < 4.78 is 5.68. The summed E-state index contributed by atoms with van der Waals surface area (Å²) in [6.07, 6.45) is 3.13. The van der Waals surface area contributed by atoms with Gasteiger partial charge in [-0.2, -0.15) is 0 Å². The third kappa shape index (κ3) is 7.34. The highest BCUT2D eigenvalue weighted by atomic mass is 16.6. The highest BCUT2D eigenvalue weighted by Crippen LogP contribution is 2.31. The SMILES string of the molecule is CC(c1ccccc1)C1CCCCN1C(=O)Oc1ccc(CCNC(=O)CCC(=O)O)cc1. The predicted molar refractivity (Wildman–Crippen MR) is 125 cm³/mol. The van der Waals surface area contributed by atoms with Crippen LogP contribution in [0.5, 0.6) is 5.75 Å². The number of nitrogens with zero attached hydrogens (tertiary/aromatic N) is 1. The van der Waals surface area contributed by atoms with Gasteiger partial charge < -0.3 is 20.1 Å². The molecule has 2 aromatic rings. The maximum atomic E-state index is 13.0. The lowest BCUT2D eigenvalue weighted by atomic mass is 9.87. The lowest BCUT2D eigenvalue weighted by molar-refractivity contribution is -0.138. The number of hydrogen-bond acceptors (Lipinski definition) is 4. The number of carbonyl (C=O) groups excluding carboxylic acids is 2. The summed E-state index contributed by atoms with van der Waals surface area (Å²) in [6, 6.07) is 17.6. The van der Waals surface area contributed by atoms with Crippen LogP contribution in [0, 0.1) is 0 Å². The zero-order chi connectivity index (χ0) is 23.6. The number of nitrogens with one attached hydrogen (secondary N) is 1. The van der Waals surface area contributed by atoms with Crippen LogP contribution in [0.15, 0.2) is 54.6 Å². The van der Waals surface area contributed by atoms with E-state index in [4.69, 9.17) is 9.84 Å². The topological polar surface area (TPSA) is 95.9 Å². The van der Waals surface area contributed by atoms with Crippen LogP contribution in [0.25, 0.3) is 0 Å². The van der Waals surface area contributed by atoms with E-state index in [1.807, 2.05) is 35.2 Å². The number of rotatable bonds is 9. The number of piperidine rings is 1. The number of carbonyl (C=O) groups is 3. The van der Waals surface area contributed by atoms with Crippen LogP contribution in [-0.2, 0) is 16.0 Å². The lowest BCUT2D eigenvalue weighted by Gasteiger charge is -2.38. The fraction of sp³-hybridized carbons (Fsp3) is 0.423. The minimum absolute atomic E-state index is 0.0232. The molecule has 0 radical (unpaired) electrons. The smallest absolute Gasteiger partial charge is 0.415 e. The van der Waals surface area contributed by atoms with E-state index in [0.29, 0.717) is 25.3 Å². The number of carboxylic acid groups (broad SMARTS) is 1. The first-order valence-corrected chi connectivity index (χ1v) is 11.5. The summed E-state index contributed by atoms with van der Waals surface area (Å²) in [5.74, 6) is -0.539. The van der Waals surface area contributed by atoms with E-state index in [1.54, 1.807) is 12.1 Å². The number of carboxylic acids is 1. The van der Waals surface area contributed by atoms with Crippen LogP contribution >= 0.6 is 0 Å². The molecule has 1 fully saturated rings. The number of aliphatic carboxylic acids is 1. The first kappa shape index (κ1) is 24.3. The minimum atomic E-state index is -0.985. The van der Waals surface area contributed by atoms with Crippen molar-refractivity contribution in [2.24, 2.45) is 0 Å². The summed E-state index contributed by atoms with van der Waals surface area (Å²) >= 11 is 0. The molecular weight excluding hydrogens is 420 g/mol. The van der Waals surface area contributed by atoms with Gasteiger partial charge in [0, 0.05) is 31.5 Å². The molecule has 33 heavy (non-hydrogen) atoms. The Kier molecular flexibility index (Phi) is 8.87. The first-order chi connectivity index (χ1) is 15.9. The van der Waals surface area contributed by atoms with Crippen LogP contribution in [0.1, 0.15) is 56.1 Å². The van der Waals surface area contributed by atoms with Crippen molar-refractivity contribution in [1.29, 1.82) is 0 Å².